The number of methoxy groups -OCH3 is 3. The average Bonchev–Trinajstić information content (AvgIpc) is 3.28. The lowest BCUT2D eigenvalue weighted by Crippen LogP contribution is -2.61. The first-order valence-electron chi connectivity index (χ1n) is 23.9. The maximum atomic E-state index is 14.4. The van der Waals surface area contributed by atoms with E-state index in [0.717, 1.165) is 12.0 Å². The van der Waals surface area contributed by atoms with Gasteiger partial charge < -0.3 is 43.9 Å². The highest BCUT2D eigenvalue weighted by Gasteiger charge is 2.53. The molecule has 0 aromatic rings. The van der Waals surface area contributed by atoms with E-state index in [-0.39, 0.29) is 54.8 Å². The molecule has 366 valence electrons. The number of hydrogen-bond acceptors (Lipinski definition) is 13. The van der Waals surface area contributed by atoms with E-state index in [1.54, 1.807) is 41.1 Å². The van der Waals surface area contributed by atoms with Crippen molar-refractivity contribution >= 4 is 29.2 Å². The molecule has 0 spiro atoms. The van der Waals surface area contributed by atoms with Crippen molar-refractivity contribution in [3.05, 3.63) is 47.6 Å². The van der Waals surface area contributed by atoms with Gasteiger partial charge in [0.05, 0.1) is 30.5 Å². The van der Waals surface area contributed by atoms with Crippen LogP contribution in [0, 0.1) is 35.5 Å². The van der Waals surface area contributed by atoms with Crippen molar-refractivity contribution in [1.82, 2.24) is 4.90 Å². The summed E-state index contributed by atoms with van der Waals surface area (Å²) >= 11 is 0. The number of carbonyl (C=O) groups excluding carboxylic acids is 5. The predicted molar refractivity (Wildman–Crippen MR) is 245 cm³/mol. The van der Waals surface area contributed by atoms with Crippen molar-refractivity contribution in [2.24, 2.45) is 35.5 Å². The number of cyclic esters (lactones) is 1. The SMILES string of the molecule is COC1CC2CCC(C)C(O)(O2)C(=O)C(=O)N2CCCCC2C(=O)OC(C(C)CC2CCC(O)C(OC)C2)CC(=O)C(C)=CC(C)C(O)C(OC)C(=O)C(C)CC(C)C=CC=CC=C1C. The lowest BCUT2D eigenvalue weighted by Gasteiger charge is -2.42. The molecular weight excluding hydrogens is 835 g/mol. The second-order valence-electron chi connectivity index (χ2n) is 19.6. The van der Waals surface area contributed by atoms with Crippen molar-refractivity contribution < 1.29 is 63.0 Å². The summed E-state index contributed by atoms with van der Waals surface area (Å²) in [6.45, 7) is 12.7. The van der Waals surface area contributed by atoms with E-state index in [9.17, 15) is 39.3 Å². The third-order valence-electron chi connectivity index (χ3n) is 14.5. The van der Waals surface area contributed by atoms with Crippen LogP contribution in [0.1, 0.15) is 126 Å². The molecule has 1 aliphatic carbocycles. The molecular formula is C51H79NO13. The van der Waals surface area contributed by atoms with E-state index in [2.05, 4.69) is 0 Å². The van der Waals surface area contributed by atoms with Crippen LogP contribution in [0.5, 0.6) is 0 Å². The van der Waals surface area contributed by atoms with Gasteiger partial charge in [-0.3, -0.25) is 19.2 Å². The van der Waals surface area contributed by atoms with Gasteiger partial charge >= 0.3 is 5.97 Å². The van der Waals surface area contributed by atoms with Crippen LogP contribution in [0.15, 0.2) is 47.6 Å². The predicted octanol–water partition coefficient (Wildman–Crippen LogP) is 6.18. The fourth-order valence-electron chi connectivity index (χ4n) is 10.1. The molecule has 2 saturated heterocycles. The van der Waals surface area contributed by atoms with Crippen LogP contribution in [0.25, 0.3) is 0 Å². The Morgan fingerprint density at radius 2 is 1.58 bits per heavy atom. The smallest absolute Gasteiger partial charge is 0.329 e. The van der Waals surface area contributed by atoms with Crippen LogP contribution < -0.4 is 0 Å². The Bertz CT molecular complexity index is 1760. The standard InChI is InChI=1S/C51H79NO13/c1-30-16-12-11-13-17-31(2)42(61-8)28-38-21-19-36(7)51(60,65-38)48(57)49(58)52-23-15-14-18-39(52)50(59)64-43(33(4)26-37-20-22-40(53)44(27-37)62-9)29-41(54)32(3)25-35(6)46(56)47(63-10)45(55)34(5)24-30/h11-13,16-17,25,30,33-40,42-44,46-47,53,56,60H,14-15,18-24,26-29H2,1-10H3. The second kappa shape index (κ2) is 25.1. The lowest BCUT2D eigenvalue weighted by molar-refractivity contribution is -0.265. The zero-order valence-electron chi connectivity index (χ0n) is 40.6. The molecule has 1 saturated carbocycles. The van der Waals surface area contributed by atoms with E-state index in [0.29, 0.717) is 63.4 Å². The zero-order valence-corrected chi connectivity index (χ0v) is 40.6. The molecule has 1 amide bonds. The van der Waals surface area contributed by atoms with E-state index in [4.69, 9.17) is 23.7 Å². The molecule has 3 aliphatic heterocycles. The number of amides is 1. The van der Waals surface area contributed by atoms with Crippen LogP contribution in [-0.4, -0.2) is 132 Å². The van der Waals surface area contributed by atoms with Gasteiger partial charge in [0.25, 0.3) is 11.7 Å². The minimum absolute atomic E-state index is 0.0220. The van der Waals surface area contributed by atoms with E-state index in [1.807, 2.05) is 58.1 Å². The van der Waals surface area contributed by atoms with E-state index < -0.39 is 83.9 Å². The number of nitrogens with zero attached hydrogens (tertiary/aromatic N) is 1. The quantitative estimate of drug-likeness (QED) is 0.202. The van der Waals surface area contributed by atoms with Gasteiger partial charge in [-0.15, -0.1) is 0 Å². The summed E-state index contributed by atoms with van der Waals surface area (Å²) in [5.74, 6) is -7.93. The topological polar surface area (TPSA) is 195 Å². The number of Topliss-reactive ketones (excluding diaryl/α,β-unsaturated/α-hetero) is 3. The van der Waals surface area contributed by atoms with Gasteiger partial charge in [0.2, 0.25) is 5.79 Å². The van der Waals surface area contributed by atoms with E-state index >= 15 is 0 Å². The Balaban J connectivity index is 1.70. The Labute approximate surface area is 387 Å². The van der Waals surface area contributed by atoms with Gasteiger partial charge in [-0.1, -0.05) is 71.1 Å². The molecule has 3 heterocycles. The maximum Gasteiger partial charge on any atom is 0.329 e. The Morgan fingerprint density at radius 1 is 0.862 bits per heavy atom. The number of fused-ring (bicyclic) bond motifs is 3. The lowest BCUT2D eigenvalue weighted by atomic mass is 9.78. The first-order chi connectivity index (χ1) is 30.7. The summed E-state index contributed by atoms with van der Waals surface area (Å²) in [5.41, 5.74) is 1.19. The van der Waals surface area contributed by atoms with Crippen molar-refractivity contribution in [2.45, 2.75) is 180 Å². The monoisotopic (exact) mass is 914 g/mol. The molecule has 65 heavy (non-hydrogen) atoms. The first kappa shape index (κ1) is 54.2. The van der Waals surface area contributed by atoms with Crippen LogP contribution in [-0.2, 0) is 47.7 Å². The summed E-state index contributed by atoms with van der Waals surface area (Å²) < 4.78 is 29.4. The molecule has 3 fully saturated rings. The summed E-state index contributed by atoms with van der Waals surface area (Å²) in [6, 6.07) is -1.14. The molecule has 0 radical (unpaired) electrons. The number of rotatable bonds is 6. The fraction of sp³-hybridized carbons (Fsp3) is 0.745. The van der Waals surface area contributed by atoms with Gasteiger partial charge in [0.1, 0.15) is 18.2 Å². The molecule has 15 unspecified atom stereocenters. The molecule has 14 nitrogen and oxygen atoms in total. The van der Waals surface area contributed by atoms with Gasteiger partial charge in [-0.25, -0.2) is 4.79 Å². The molecule has 0 aromatic heterocycles. The van der Waals surface area contributed by atoms with Crippen molar-refractivity contribution in [3.63, 3.8) is 0 Å². The van der Waals surface area contributed by atoms with Crippen molar-refractivity contribution in [2.75, 3.05) is 27.9 Å². The fourth-order valence-corrected chi connectivity index (χ4v) is 10.1. The summed E-state index contributed by atoms with van der Waals surface area (Å²) in [5, 5.41) is 33.9. The highest BCUT2D eigenvalue weighted by atomic mass is 16.6. The molecule has 4 aliphatic rings. The number of ketones is 3. The zero-order chi connectivity index (χ0) is 48.2. The maximum absolute atomic E-state index is 14.4. The Morgan fingerprint density at radius 3 is 2.26 bits per heavy atom. The molecule has 15 atom stereocenters. The second-order valence-corrected chi connectivity index (χ2v) is 19.6. The first-order valence-corrected chi connectivity index (χ1v) is 23.9. The number of hydrogen-bond donors (Lipinski definition) is 3. The molecule has 2 bridgehead atoms. The number of aliphatic hydroxyl groups is 3. The molecule has 4 rings (SSSR count). The van der Waals surface area contributed by atoms with Gasteiger partial charge in [-0.2, -0.15) is 0 Å². The largest absolute Gasteiger partial charge is 0.460 e. The third kappa shape index (κ3) is 14.3. The minimum Gasteiger partial charge on any atom is -0.460 e. The normalized spacial score (nSPS) is 37.8. The van der Waals surface area contributed by atoms with E-state index in [1.165, 1.54) is 12.0 Å². The van der Waals surface area contributed by atoms with Crippen LogP contribution in [0.3, 0.4) is 0 Å². The third-order valence-corrected chi connectivity index (χ3v) is 14.5. The number of piperidine rings is 1. The van der Waals surface area contributed by atoms with Gasteiger partial charge in [0, 0.05) is 58.5 Å². The summed E-state index contributed by atoms with van der Waals surface area (Å²) in [4.78, 5) is 71.7. The molecule has 0 aromatic carbocycles. The van der Waals surface area contributed by atoms with Gasteiger partial charge in [0.15, 0.2) is 11.6 Å². The van der Waals surface area contributed by atoms with Crippen LogP contribution >= 0.6 is 0 Å². The molecule has 14 heteroatoms. The highest BCUT2D eigenvalue weighted by molar-refractivity contribution is 6.39. The summed E-state index contributed by atoms with van der Waals surface area (Å²) in [6.07, 6.45) is 11.2. The Kier molecular flexibility index (Phi) is 21.0. The average molecular weight is 914 g/mol. The van der Waals surface area contributed by atoms with Gasteiger partial charge in [-0.05, 0) is 107 Å². The Hall–Kier alpha value is -3.37. The number of allylic oxidation sites excluding steroid dienone is 6. The molecule has 3 N–H and O–H groups in total. The number of carbonyl (C=O) groups is 5. The van der Waals surface area contributed by atoms with Crippen molar-refractivity contribution in [3.8, 4) is 0 Å². The number of esters is 1. The minimum atomic E-state index is -2.43. The summed E-state index contributed by atoms with van der Waals surface area (Å²) in [7, 11) is 4.53. The highest BCUT2D eigenvalue weighted by Crippen LogP contribution is 2.38. The van der Waals surface area contributed by atoms with Crippen LogP contribution in [0.2, 0.25) is 0 Å². The van der Waals surface area contributed by atoms with Crippen LogP contribution in [0.4, 0.5) is 0 Å². The number of ether oxygens (including phenoxy) is 5. The number of aliphatic hydroxyl groups excluding tert-OH is 2. The van der Waals surface area contributed by atoms with Crippen molar-refractivity contribution in [1.29, 1.82) is 0 Å².